The third-order valence-corrected chi connectivity index (χ3v) is 2.37. The predicted molar refractivity (Wildman–Crippen MR) is 60.4 cm³/mol. The lowest BCUT2D eigenvalue weighted by Gasteiger charge is -2.07. The number of ether oxygens (including phenoxy) is 1. The summed E-state index contributed by atoms with van der Waals surface area (Å²) >= 11 is 0. The van der Waals surface area contributed by atoms with Gasteiger partial charge in [0.1, 0.15) is 0 Å². The molecular weight excluding hydrogens is 238 g/mol. The Hall–Kier alpha value is -2.33. The van der Waals surface area contributed by atoms with Crippen molar-refractivity contribution in [1.29, 1.82) is 0 Å². The van der Waals surface area contributed by atoms with Crippen molar-refractivity contribution >= 4 is 23.2 Å². The van der Waals surface area contributed by atoms with Gasteiger partial charge < -0.3 is 13.7 Å². The van der Waals surface area contributed by atoms with E-state index in [9.17, 15) is 4.79 Å². The number of carbonyl (C=O) groups is 1. The highest BCUT2D eigenvalue weighted by Crippen LogP contribution is 2.21. The molecule has 0 saturated heterocycles. The Morgan fingerprint density at radius 3 is 2.72 bits per heavy atom. The topological polar surface area (TPSA) is 78.5 Å². The molecule has 0 unspecified atom stereocenters. The molecule has 2 aromatic rings. The lowest BCUT2D eigenvalue weighted by atomic mass is 10.3. The summed E-state index contributed by atoms with van der Waals surface area (Å²) in [6.07, 6.45) is 2.76. The van der Waals surface area contributed by atoms with E-state index in [1.165, 1.54) is 6.92 Å². The van der Waals surface area contributed by atoms with Gasteiger partial charge in [0.05, 0.1) is 11.8 Å². The first-order valence-corrected chi connectivity index (χ1v) is 5.32. The van der Waals surface area contributed by atoms with Gasteiger partial charge in [0.25, 0.3) is 0 Å². The molecule has 2 aromatic heterocycles. The molecule has 0 amide bonds. The molecule has 0 aliphatic carbocycles. The number of aromatic nitrogens is 1. The van der Waals surface area contributed by atoms with Crippen molar-refractivity contribution in [3.63, 3.8) is 0 Å². The van der Waals surface area contributed by atoms with E-state index in [4.69, 9.17) is 18.7 Å². The summed E-state index contributed by atoms with van der Waals surface area (Å²) in [6, 6.07) is 3.84. The van der Waals surface area contributed by atoms with Crippen LogP contribution in [-0.2, 0) is 32.3 Å². The van der Waals surface area contributed by atoms with Gasteiger partial charge in [0, 0.05) is 24.8 Å². The Morgan fingerprint density at radius 1 is 1.50 bits per heavy atom. The zero-order valence-corrected chi connectivity index (χ0v) is 10.1. The van der Waals surface area contributed by atoms with Crippen LogP contribution in [0.3, 0.4) is 0 Å². The van der Waals surface area contributed by atoms with Crippen LogP contribution in [0.5, 0.6) is 0 Å². The normalized spacial score (nSPS) is 9.44. The molecule has 96 valence electrons. The van der Waals surface area contributed by atoms with Crippen LogP contribution in [-0.4, -0.2) is 16.7 Å². The highest BCUT2D eigenvalue weighted by Gasteiger charge is 2.10. The molecule has 0 aliphatic rings. The molecule has 0 atom stereocenters. The first-order chi connectivity index (χ1) is 8.63. The minimum atomic E-state index is -0.276. The van der Waals surface area contributed by atoms with E-state index < -0.39 is 0 Å². The zero-order chi connectivity index (χ0) is 13.5. The Bertz CT molecular complexity index is 560. The number of nitrogens with zero attached hydrogens (tertiary/aromatic N) is 1. The van der Waals surface area contributed by atoms with Crippen molar-refractivity contribution in [2.75, 3.05) is 0 Å². The lowest BCUT2D eigenvalue weighted by Crippen LogP contribution is -2.08. The second kappa shape index (κ2) is 6.42. The average molecular weight is 251 g/mol. The van der Waals surface area contributed by atoms with Crippen LogP contribution in [0, 0.1) is 0 Å². The van der Waals surface area contributed by atoms with Crippen molar-refractivity contribution in [3.05, 3.63) is 24.1 Å². The SMILES string of the molecule is CCc1cc2occc2n1COC(C)=O.O=C=O. The van der Waals surface area contributed by atoms with Gasteiger partial charge in [-0.2, -0.15) is 9.59 Å². The van der Waals surface area contributed by atoms with Crippen LogP contribution >= 0.6 is 0 Å². The lowest BCUT2D eigenvalue weighted by molar-refractivity contribution is -0.191. The van der Waals surface area contributed by atoms with Gasteiger partial charge in [-0.25, -0.2) is 0 Å². The highest BCUT2D eigenvalue weighted by atomic mass is 16.5. The van der Waals surface area contributed by atoms with Crippen molar-refractivity contribution in [2.24, 2.45) is 0 Å². The van der Waals surface area contributed by atoms with Crippen LogP contribution in [0.15, 0.2) is 22.8 Å². The number of hydrogen-bond donors (Lipinski definition) is 0. The van der Waals surface area contributed by atoms with Gasteiger partial charge in [-0.05, 0) is 6.42 Å². The highest BCUT2D eigenvalue weighted by molar-refractivity contribution is 5.75. The summed E-state index contributed by atoms with van der Waals surface area (Å²) in [5.74, 6) is -0.276. The quantitative estimate of drug-likeness (QED) is 0.776. The maximum absolute atomic E-state index is 10.8. The van der Waals surface area contributed by atoms with Crippen molar-refractivity contribution in [1.82, 2.24) is 4.57 Å². The van der Waals surface area contributed by atoms with Gasteiger partial charge in [-0.1, -0.05) is 6.92 Å². The van der Waals surface area contributed by atoms with Gasteiger partial charge in [-0.15, -0.1) is 0 Å². The summed E-state index contributed by atoms with van der Waals surface area (Å²) in [7, 11) is 0. The molecule has 0 bridgehead atoms. The first kappa shape index (κ1) is 13.7. The molecule has 0 saturated carbocycles. The molecule has 6 nitrogen and oxygen atoms in total. The van der Waals surface area contributed by atoms with E-state index >= 15 is 0 Å². The Kier molecular flexibility index (Phi) is 4.90. The molecule has 6 heteroatoms. The van der Waals surface area contributed by atoms with Gasteiger partial charge in [0.15, 0.2) is 12.3 Å². The zero-order valence-electron chi connectivity index (χ0n) is 10.1. The fraction of sp³-hybridized carbons (Fsp3) is 0.333. The maximum Gasteiger partial charge on any atom is 0.373 e. The third-order valence-electron chi connectivity index (χ3n) is 2.37. The molecule has 0 N–H and O–H groups in total. The summed E-state index contributed by atoms with van der Waals surface area (Å²) in [6.45, 7) is 3.71. The van der Waals surface area contributed by atoms with Crippen molar-refractivity contribution < 1.29 is 23.5 Å². The molecule has 0 fully saturated rings. The Morgan fingerprint density at radius 2 is 2.17 bits per heavy atom. The number of fused-ring (bicyclic) bond motifs is 1. The molecule has 0 aliphatic heterocycles. The van der Waals surface area contributed by atoms with Crippen LogP contribution in [0.2, 0.25) is 0 Å². The monoisotopic (exact) mass is 251 g/mol. The summed E-state index contributed by atoms with van der Waals surface area (Å²) in [5, 5.41) is 0. The minimum Gasteiger partial charge on any atom is -0.463 e. The number of furan rings is 1. The number of esters is 1. The van der Waals surface area contributed by atoms with Gasteiger partial charge in [-0.3, -0.25) is 4.79 Å². The summed E-state index contributed by atoms with van der Waals surface area (Å²) < 4.78 is 12.2. The van der Waals surface area contributed by atoms with E-state index in [0.29, 0.717) is 0 Å². The van der Waals surface area contributed by atoms with Crippen LogP contribution in [0.1, 0.15) is 19.5 Å². The van der Waals surface area contributed by atoms with Crippen LogP contribution < -0.4 is 0 Å². The van der Waals surface area contributed by atoms with E-state index in [0.717, 1.165) is 23.2 Å². The number of hydrogen-bond acceptors (Lipinski definition) is 5. The summed E-state index contributed by atoms with van der Waals surface area (Å²) in [4.78, 5) is 27.0. The largest absolute Gasteiger partial charge is 0.463 e. The predicted octanol–water partition coefficient (Wildman–Crippen LogP) is 1.73. The molecular formula is C12H13NO5. The average Bonchev–Trinajstić information content (AvgIpc) is 2.87. The van der Waals surface area contributed by atoms with Crippen LogP contribution in [0.4, 0.5) is 0 Å². The van der Waals surface area contributed by atoms with E-state index in [1.54, 1.807) is 6.26 Å². The molecule has 2 rings (SSSR count). The minimum absolute atomic E-state index is 0.250. The second-order valence-corrected chi connectivity index (χ2v) is 3.44. The number of carbonyl (C=O) groups excluding carboxylic acids is 3. The van der Waals surface area contributed by atoms with Crippen LogP contribution in [0.25, 0.3) is 11.1 Å². The first-order valence-electron chi connectivity index (χ1n) is 5.32. The van der Waals surface area contributed by atoms with Crippen molar-refractivity contribution in [2.45, 2.75) is 27.0 Å². The Labute approximate surface area is 103 Å². The van der Waals surface area contributed by atoms with Crippen molar-refractivity contribution in [3.8, 4) is 0 Å². The molecule has 0 radical (unpaired) electrons. The van der Waals surface area contributed by atoms with Gasteiger partial charge >= 0.3 is 12.1 Å². The smallest absolute Gasteiger partial charge is 0.373 e. The van der Waals surface area contributed by atoms with Gasteiger partial charge in [0.2, 0.25) is 0 Å². The molecule has 0 aromatic carbocycles. The summed E-state index contributed by atoms with van der Waals surface area (Å²) in [5.41, 5.74) is 2.90. The second-order valence-electron chi connectivity index (χ2n) is 3.44. The molecule has 0 spiro atoms. The maximum atomic E-state index is 10.8. The number of aryl methyl sites for hydroxylation is 1. The fourth-order valence-corrected chi connectivity index (χ4v) is 1.63. The fourth-order valence-electron chi connectivity index (χ4n) is 1.63. The third kappa shape index (κ3) is 3.09. The van der Waals surface area contributed by atoms with E-state index in [1.807, 2.05) is 16.7 Å². The standard InChI is InChI=1S/C11H13NO3.CO2/c1-3-9-6-11-10(4-5-14-11)12(9)7-15-8(2)13;2-1-3/h4-6H,3,7H2,1-2H3;. The molecule has 18 heavy (non-hydrogen) atoms. The Balaban J connectivity index is 0.000000492. The number of rotatable bonds is 3. The molecule has 2 heterocycles. The van der Waals surface area contributed by atoms with E-state index in [2.05, 4.69) is 6.92 Å². The van der Waals surface area contributed by atoms with E-state index in [-0.39, 0.29) is 18.9 Å².